The normalized spacial score (nSPS) is 21.8. The molecule has 6 nitrogen and oxygen atoms in total. The summed E-state index contributed by atoms with van der Waals surface area (Å²) < 4.78 is 17.6. The van der Waals surface area contributed by atoms with E-state index in [0.29, 0.717) is 23.6 Å². The Balaban J connectivity index is 1.56. The first-order chi connectivity index (χ1) is 14.1. The molecule has 1 fully saturated rings. The molecule has 0 bridgehead atoms. The summed E-state index contributed by atoms with van der Waals surface area (Å²) in [6.45, 7) is 2.25. The molecule has 1 saturated carbocycles. The highest BCUT2D eigenvalue weighted by Crippen LogP contribution is 2.60. The van der Waals surface area contributed by atoms with Crippen molar-refractivity contribution >= 4 is 0 Å². The van der Waals surface area contributed by atoms with Gasteiger partial charge in [0, 0.05) is 42.5 Å². The number of hydrogen-bond donors (Lipinski definition) is 0. The van der Waals surface area contributed by atoms with Crippen LogP contribution in [0.2, 0.25) is 0 Å². The summed E-state index contributed by atoms with van der Waals surface area (Å²) in [6.07, 6.45) is 8.03. The maximum atomic E-state index is 13.5. The minimum absolute atomic E-state index is 0.347. The van der Waals surface area contributed by atoms with Gasteiger partial charge in [-0.05, 0) is 36.6 Å². The van der Waals surface area contributed by atoms with Gasteiger partial charge in [0.2, 0.25) is 0 Å². The van der Waals surface area contributed by atoms with Gasteiger partial charge in [0.25, 0.3) is 0 Å². The Hall–Kier alpha value is -3.35. The zero-order chi connectivity index (χ0) is 19.7. The molecule has 5 heterocycles. The summed E-state index contributed by atoms with van der Waals surface area (Å²) in [5.41, 5.74) is 5.41. The third-order valence-corrected chi connectivity index (χ3v) is 6.13. The van der Waals surface area contributed by atoms with E-state index in [0.717, 1.165) is 34.0 Å². The molecule has 1 aliphatic carbocycles. The van der Waals surface area contributed by atoms with Crippen molar-refractivity contribution in [3.63, 3.8) is 0 Å². The second-order valence-electron chi connectivity index (χ2n) is 7.99. The first kappa shape index (κ1) is 16.6. The minimum atomic E-state index is -0.347. The lowest BCUT2D eigenvalue weighted by molar-refractivity contribution is 0.621. The summed E-state index contributed by atoms with van der Waals surface area (Å²) in [4.78, 5) is 13.8. The number of aryl methyl sites for hydroxylation is 1. The Morgan fingerprint density at radius 3 is 2.72 bits per heavy atom. The molecule has 4 aromatic heterocycles. The van der Waals surface area contributed by atoms with Crippen molar-refractivity contribution in [1.29, 1.82) is 0 Å². The summed E-state index contributed by atoms with van der Waals surface area (Å²) in [5, 5.41) is 4.26. The smallest absolute Gasteiger partial charge is 0.141 e. The van der Waals surface area contributed by atoms with Gasteiger partial charge in [-0.15, -0.1) is 0 Å². The summed E-state index contributed by atoms with van der Waals surface area (Å²) in [5.74, 6) is 1.85. The molecule has 29 heavy (non-hydrogen) atoms. The Bertz CT molecular complexity index is 1240. The van der Waals surface area contributed by atoms with E-state index in [1.165, 1.54) is 18.7 Å². The Kier molecular flexibility index (Phi) is 3.33. The maximum Gasteiger partial charge on any atom is 0.141 e. The number of aromatic nitrogens is 6. The SMILES string of the molecule is C[C@@H]1c2nc(-c3ccc(F)cn3)c(-c3ccnc(-c4cnn(C)c4)c3)n2[C@H]2CC12. The summed E-state index contributed by atoms with van der Waals surface area (Å²) in [6, 6.07) is 7.72. The fraction of sp³-hybridized carbons (Fsp3) is 0.273. The highest BCUT2D eigenvalue weighted by molar-refractivity contribution is 5.80. The van der Waals surface area contributed by atoms with Crippen LogP contribution < -0.4 is 0 Å². The van der Waals surface area contributed by atoms with E-state index in [1.54, 1.807) is 10.7 Å². The van der Waals surface area contributed by atoms with Crippen LogP contribution in [-0.2, 0) is 7.05 Å². The number of pyridine rings is 2. The molecule has 2 aliphatic rings. The number of imidazole rings is 1. The van der Waals surface area contributed by atoms with Crippen LogP contribution in [-0.4, -0.2) is 29.3 Å². The van der Waals surface area contributed by atoms with Crippen LogP contribution in [0.5, 0.6) is 0 Å². The molecule has 144 valence electrons. The first-order valence-corrected chi connectivity index (χ1v) is 9.79. The zero-order valence-electron chi connectivity index (χ0n) is 16.1. The standard InChI is InChI=1S/C22H19FN6/c1-12-16-8-19(16)29-21(20(27-22(12)29)17-4-3-15(23)10-25-17)13-5-6-24-18(7-13)14-9-26-28(2)11-14/h3-7,9-12,16,19H,8H2,1-2H3/t12-,16?,19-/m0/s1. The lowest BCUT2D eigenvalue weighted by atomic mass is 10.1. The van der Waals surface area contributed by atoms with E-state index in [4.69, 9.17) is 4.98 Å². The molecular formula is C22H19FN6. The van der Waals surface area contributed by atoms with Crippen LogP contribution in [0.15, 0.2) is 49.1 Å². The maximum absolute atomic E-state index is 13.5. The average Bonchev–Trinajstić information content (AvgIpc) is 3.09. The molecule has 1 aliphatic heterocycles. The van der Waals surface area contributed by atoms with Crippen LogP contribution in [0.4, 0.5) is 4.39 Å². The minimum Gasteiger partial charge on any atom is -0.324 e. The van der Waals surface area contributed by atoms with Crippen LogP contribution in [0.1, 0.15) is 31.1 Å². The van der Waals surface area contributed by atoms with Gasteiger partial charge in [-0.25, -0.2) is 9.37 Å². The molecule has 0 saturated heterocycles. The molecule has 4 aromatic rings. The van der Waals surface area contributed by atoms with Gasteiger partial charge in [-0.1, -0.05) is 6.92 Å². The number of nitrogens with zero attached hydrogens (tertiary/aromatic N) is 6. The molecule has 0 radical (unpaired) electrons. The lowest BCUT2D eigenvalue weighted by Crippen LogP contribution is -2.00. The van der Waals surface area contributed by atoms with Gasteiger partial charge in [0.1, 0.15) is 17.3 Å². The van der Waals surface area contributed by atoms with E-state index in [2.05, 4.69) is 32.6 Å². The molecule has 3 atom stereocenters. The van der Waals surface area contributed by atoms with Gasteiger partial charge in [-0.2, -0.15) is 5.10 Å². The fourth-order valence-corrected chi connectivity index (χ4v) is 4.59. The van der Waals surface area contributed by atoms with Gasteiger partial charge in [-0.3, -0.25) is 14.6 Å². The molecule has 0 amide bonds. The third kappa shape index (κ3) is 2.46. The summed E-state index contributed by atoms with van der Waals surface area (Å²) >= 11 is 0. The highest BCUT2D eigenvalue weighted by Gasteiger charge is 2.52. The van der Waals surface area contributed by atoms with Gasteiger partial charge in [0.15, 0.2) is 0 Å². The van der Waals surface area contributed by atoms with E-state index in [1.807, 2.05) is 31.7 Å². The van der Waals surface area contributed by atoms with E-state index in [-0.39, 0.29) is 5.82 Å². The number of fused-ring (bicyclic) bond motifs is 3. The average molecular weight is 386 g/mol. The van der Waals surface area contributed by atoms with Crippen molar-refractivity contribution in [3.05, 3.63) is 60.7 Å². The van der Waals surface area contributed by atoms with Crippen molar-refractivity contribution < 1.29 is 4.39 Å². The van der Waals surface area contributed by atoms with Crippen LogP contribution >= 0.6 is 0 Å². The Labute approximate surface area is 167 Å². The van der Waals surface area contributed by atoms with E-state index < -0.39 is 0 Å². The highest BCUT2D eigenvalue weighted by atomic mass is 19.1. The quantitative estimate of drug-likeness (QED) is 0.529. The van der Waals surface area contributed by atoms with Gasteiger partial charge < -0.3 is 4.57 Å². The van der Waals surface area contributed by atoms with Crippen LogP contribution in [0.25, 0.3) is 33.9 Å². The van der Waals surface area contributed by atoms with Crippen molar-refractivity contribution in [2.24, 2.45) is 13.0 Å². The molecule has 0 spiro atoms. The van der Waals surface area contributed by atoms with Crippen LogP contribution in [0, 0.1) is 11.7 Å². The van der Waals surface area contributed by atoms with Gasteiger partial charge >= 0.3 is 0 Å². The first-order valence-electron chi connectivity index (χ1n) is 9.79. The third-order valence-electron chi connectivity index (χ3n) is 6.13. The fourth-order valence-electron chi connectivity index (χ4n) is 4.59. The zero-order valence-corrected chi connectivity index (χ0v) is 16.1. The monoisotopic (exact) mass is 386 g/mol. The predicted octanol–water partition coefficient (Wildman–Crippen LogP) is 4.22. The van der Waals surface area contributed by atoms with E-state index in [9.17, 15) is 4.39 Å². The number of rotatable bonds is 3. The van der Waals surface area contributed by atoms with Gasteiger partial charge in [0.05, 0.1) is 29.5 Å². The number of hydrogen-bond acceptors (Lipinski definition) is 4. The van der Waals surface area contributed by atoms with E-state index >= 15 is 0 Å². The molecule has 6 rings (SSSR count). The second-order valence-corrected chi connectivity index (χ2v) is 7.99. The second kappa shape index (κ2) is 5.83. The Morgan fingerprint density at radius 1 is 1.07 bits per heavy atom. The van der Waals surface area contributed by atoms with Crippen molar-refractivity contribution in [3.8, 4) is 33.9 Å². The van der Waals surface area contributed by atoms with Crippen LogP contribution in [0.3, 0.4) is 0 Å². The largest absolute Gasteiger partial charge is 0.324 e. The molecular weight excluding hydrogens is 367 g/mol. The van der Waals surface area contributed by atoms with Crippen molar-refractivity contribution in [2.75, 3.05) is 0 Å². The topological polar surface area (TPSA) is 61.4 Å². The van der Waals surface area contributed by atoms with Crippen molar-refractivity contribution in [2.45, 2.75) is 25.3 Å². The molecule has 7 heteroatoms. The molecule has 0 aromatic carbocycles. The lowest BCUT2D eigenvalue weighted by Gasteiger charge is -2.10. The Morgan fingerprint density at radius 2 is 1.97 bits per heavy atom. The molecule has 0 N–H and O–H groups in total. The van der Waals surface area contributed by atoms with Crippen molar-refractivity contribution in [1.82, 2.24) is 29.3 Å². The molecule has 1 unspecified atom stereocenters. The number of halogens is 1. The summed E-state index contributed by atoms with van der Waals surface area (Å²) in [7, 11) is 1.89. The predicted molar refractivity (Wildman–Crippen MR) is 106 cm³/mol.